The Morgan fingerprint density at radius 2 is 1.81 bits per heavy atom. The van der Waals surface area contributed by atoms with E-state index in [2.05, 4.69) is 20.4 Å². The Bertz CT molecular complexity index is 1100. The molecule has 2 N–H and O–H groups in total. The number of rotatable bonds is 4. The molecule has 6 nitrogen and oxygen atoms in total. The Morgan fingerprint density at radius 1 is 1.06 bits per heavy atom. The van der Waals surface area contributed by atoms with Crippen LogP contribution < -0.4 is 10.2 Å². The van der Waals surface area contributed by atoms with Gasteiger partial charge in [0, 0.05) is 29.5 Å². The molecule has 0 spiro atoms. The lowest BCUT2D eigenvalue weighted by Gasteiger charge is -2.29. The van der Waals surface area contributed by atoms with Crippen molar-refractivity contribution >= 4 is 22.3 Å². The van der Waals surface area contributed by atoms with Crippen LogP contribution in [0, 0.1) is 6.92 Å². The molecule has 164 valence electrons. The molecular weight excluding hydrogens is 409 g/mol. The zero-order valence-electron chi connectivity index (χ0n) is 17.2. The van der Waals surface area contributed by atoms with E-state index in [1.807, 2.05) is 25.1 Å². The summed E-state index contributed by atoms with van der Waals surface area (Å²) in [7, 11) is 0. The van der Waals surface area contributed by atoms with E-state index in [-0.39, 0.29) is 0 Å². The maximum atomic E-state index is 13.1. The minimum Gasteiger partial charge on any atom is -0.508 e. The van der Waals surface area contributed by atoms with Gasteiger partial charge in [-0.15, -0.1) is 5.10 Å². The van der Waals surface area contributed by atoms with E-state index in [9.17, 15) is 18.3 Å². The van der Waals surface area contributed by atoms with E-state index >= 15 is 0 Å². The molecule has 1 aliphatic heterocycles. The van der Waals surface area contributed by atoms with Crippen LogP contribution in [0.3, 0.4) is 0 Å². The highest BCUT2D eigenvalue weighted by molar-refractivity contribution is 5.95. The Morgan fingerprint density at radius 3 is 2.52 bits per heavy atom. The minimum absolute atomic E-state index is 0.298. The van der Waals surface area contributed by atoms with Gasteiger partial charge in [-0.2, -0.15) is 18.3 Å². The molecule has 0 amide bonds. The molecule has 1 atom stereocenters. The summed E-state index contributed by atoms with van der Waals surface area (Å²) >= 11 is 0. The highest BCUT2D eigenvalue weighted by Gasteiger charge is 2.31. The molecule has 0 bridgehead atoms. The van der Waals surface area contributed by atoms with Crippen LogP contribution in [-0.4, -0.2) is 41.6 Å². The van der Waals surface area contributed by atoms with E-state index in [1.165, 1.54) is 6.07 Å². The molecule has 1 saturated heterocycles. The lowest BCUT2D eigenvalue weighted by molar-refractivity contribution is -0.137. The molecule has 3 aromatic rings. The number of benzene rings is 2. The zero-order chi connectivity index (χ0) is 22.2. The summed E-state index contributed by atoms with van der Waals surface area (Å²) in [6.07, 6.45) is -4.55. The molecule has 4 rings (SSSR count). The first-order chi connectivity index (χ1) is 14.7. The highest BCUT2D eigenvalue weighted by atomic mass is 19.4. The van der Waals surface area contributed by atoms with Gasteiger partial charge in [0.25, 0.3) is 0 Å². The Kier molecular flexibility index (Phi) is 5.62. The summed E-state index contributed by atoms with van der Waals surface area (Å²) in [5.41, 5.74) is 1.19. The third-order valence-electron chi connectivity index (χ3n) is 5.44. The molecule has 2 heterocycles. The highest BCUT2D eigenvalue weighted by Crippen LogP contribution is 2.35. The summed E-state index contributed by atoms with van der Waals surface area (Å²) < 4.78 is 44.9. The largest absolute Gasteiger partial charge is 0.508 e. The number of hydrogen-bond donors (Lipinski definition) is 2. The van der Waals surface area contributed by atoms with Crippen LogP contribution in [0.25, 0.3) is 10.8 Å². The van der Waals surface area contributed by atoms with E-state index < -0.39 is 23.5 Å². The van der Waals surface area contributed by atoms with E-state index in [1.54, 1.807) is 6.92 Å². The maximum absolute atomic E-state index is 13.1. The second-order valence-corrected chi connectivity index (χ2v) is 7.64. The molecule has 0 radical (unpaired) electrons. The topological polar surface area (TPSA) is 70.5 Å². The summed E-state index contributed by atoms with van der Waals surface area (Å²) in [4.78, 5) is 2.22. The first-order valence-electron chi connectivity index (χ1n) is 10.00. The number of nitrogens with zero attached hydrogens (tertiary/aromatic N) is 3. The van der Waals surface area contributed by atoms with E-state index in [0.717, 1.165) is 41.3 Å². The molecule has 2 aromatic carbocycles. The van der Waals surface area contributed by atoms with Gasteiger partial charge in [0.1, 0.15) is 5.75 Å². The molecular formula is C22H23F3N4O2. The monoisotopic (exact) mass is 432 g/mol. The number of alkyl halides is 3. The van der Waals surface area contributed by atoms with Crippen molar-refractivity contribution in [3.63, 3.8) is 0 Å². The number of ether oxygens (including phenoxy) is 1. The Hall–Kier alpha value is -3.07. The van der Waals surface area contributed by atoms with Gasteiger partial charge in [0.2, 0.25) is 0 Å². The number of aryl methyl sites for hydroxylation is 1. The average molecular weight is 432 g/mol. The van der Waals surface area contributed by atoms with Crippen LogP contribution >= 0.6 is 0 Å². The fraction of sp³-hybridized carbons (Fsp3) is 0.364. The normalized spacial score (nSPS) is 15.8. The van der Waals surface area contributed by atoms with Crippen molar-refractivity contribution < 1.29 is 23.0 Å². The number of hydrogen-bond acceptors (Lipinski definition) is 6. The fourth-order valence-electron chi connectivity index (χ4n) is 3.74. The minimum atomic E-state index is -4.55. The number of fused-ring (bicyclic) bond motifs is 1. The summed E-state index contributed by atoms with van der Waals surface area (Å²) in [6, 6.07) is 8.54. The molecule has 0 aliphatic carbocycles. The van der Waals surface area contributed by atoms with Gasteiger partial charge in [-0.3, -0.25) is 0 Å². The lowest BCUT2D eigenvalue weighted by atomic mass is 10.0. The van der Waals surface area contributed by atoms with Crippen molar-refractivity contribution in [2.24, 2.45) is 0 Å². The van der Waals surface area contributed by atoms with Crippen LogP contribution in [0.1, 0.15) is 29.8 Å². The van der Waals surface area contributed by atoms with E-state index in [4.69, 9.17) is 4.74 Å². The van der Waals surface area contributed by atoms with Crippen LogP contribution in [0.5, 0.6) is 5.75 Å². The van der Waals surface area contributed by atoms with Crippen molar-refractivity contribution in [1.82, 2.24) is 10.2 Å². The Labute approximate surface area is 177 Å². The predicted octanol–water partition coefficient (Wildman–Crippen LogP) is 4.67. The smallest absolute Gasteiger partial charge is 0.416 e. The zero-order valence-corrected chi connectivity index (χ0v) is 17.2. The number of halogens is 3. The summed E-state index contributed by atoms with van der Waals surface area (Å²) in [6.45, 7) is 6.47. The number of nitrogens with one attached hydrogen (secondary N) is 1. The number of phenolic OH excluding ortho intramolecular Hbond substituents is 1. The molecule has 0 unspecified atom stereocenters. The summed E-state index contributed by atoms with van der Waals surface area (Å²) in [5.74, 6) is 0.0352. The Balaban J connectivity index is 1.69. The van der Waals surface area contributed by atoms with Crippen molar-refractivity contribution in [3.05, 3.63) is 53.2 Å². The number of aromatic hydroxyl groups is 1. The number of morpholine rings is 1. The van der Waals surface area contributed by atoms with Gasteiger partial charge >= 0.3 is 6.18 Å². The first-order valence-corrected chi connectivity index (χ1v) is 10.00. The molecule has 31 heavy (non-hydrogen) atoms. The quantitative estimate of drug-likeness (QED) is 0.624. The van der Waals surface area contributed by atoms with Gasteiger partial charge in [0.15, 0.2) is 5.82 Å². The first kappa shape index (κ1) is 21.2. The fourth-order valence-corrected chi connectivity index (χ4v) is 3.74. The predicted molar refractivity (Wildman–Crippen MR) is 112 cm³/mol. The van der Waals surface area contributed by atoms with Crippen LogP contribution in [0.4, 0.5) is 24.7 Å². The van der Waals surface area contributed by atoms with Gasteiger partial charge in [-0.05, 0) is 49.7 Å². The van der Waals surface area contributed by atoms with Crippen molar-refractivity contribution in [1.29, 1.82) is 0 Å². The van der Waals surface area contributed by atoms with Crippen LogP contribution in [0.2, 0.25) is 0 Å². The number of anilines is 2. The van der Waals surface area contributed by atoms with Crippen molar-refractivity contribution in [2.75, 3.05) is 36.5 Å². The molecule has 1 aliphatic rings. The standard InChI is InChI=1S/C22H23F3N4O2/c1-13(15-9-16(22(23,24)25)11-18(30)10-15)26-21-20-12-17(29-5-7-31-8-6-29)3-4-19(20)14(2)27-28-21/h3-4,9-13,30H,5-8H2,1-2H3,(H,26,28)/t13-/m1/s1. The lowest BCUT2D eigenvalue weighted by Crippen LogP contribution is -2.36. The second kappa shape index (κ2) is 8.22. The molecule has 1 fully saturated rings. The molecule has 9 heteroatoms. The van der Waals surface area contributed by atoms with E-state index in [0.29, 0.717) is 30.7 Å². The van der Waals surface area contributed by atoms with Crippen LogP contribution in [0.15, 0.2) is 36.4 Å². The third kappa shape index (κ3) is 4.51. The SMILES string of the molecule is Cc1nnc(N[C@H](C)c2cc(O)cc(C(F)(F)F)c2)c2cc(N3CCOCC3)ccc12. The van der Waals surface area contributed by atoms with Crippen molar-refractivity contribution in [3.8, 4) is 5.75 Å². The second-order valence-electron chi connectivity index (χ2n) is 7.64. The number of phenols is 1. The third-order valence-corrected chi connectivity index (χ3v) is 5.44. The van der Waals surface area contributed by atoms with Crippen molar-refractivity contribution in [2.45, 2.75) is 26.1 Å². The van der Waals surface area contributed by atoms with Crippen LogP contribution in [-0.2, 0) is 10.9 Å². The van der Waals surface area contributed by atoms with Gasteiger partial charge < -0.3 is 20.1 Å². The molecule has 0 saturated carbocycles. The van der Waals surface area contributed by atoms with Gasteiger partial charge in [0.05, 0.1) is 30.5 Å². The molecule has 1 aromatic heterocycles. The number of aromatic nitrogens is 2. The average Bonchev–Trinajstić information content (AvgIpc) is 2.75. The van der Waals surface area contributed by atoms with Gasteiger partial charge in [-0.1, -0.05) is 6.07 Å². The van der Waals surface area contributed by atoms with Gasteiger partial charge in [-0.25, -0.2) is 0 Å². The maximum Gasteiger partial charge on any atom is 0.416 e. The summed E-state index contributed by atoms with van der Waals surface area (Å²) in [5, 5.41) is 23.2.